The molecule has 0 aliphatic heterocycles. The molecular formula is C21H20BrNO6S. The molecule has 0 unspecified atom stereocenters. The van der Waals surface area contributed by atoms with Crippen LogP contribution in [0.4, 0.5) is 0 Å². The molecule has 1 aromatic heterocycles. The van der Waals surface area contributed by atoms with Gasteiger partial charge in [0.1, 0.15) is 12.2 Å². The summed E-state index contributed by atoms with van der Waals surface area (Å²) in [5, 5.41) is 5.81. The summed E-state index contributed by atoms with van der Waals surface area (Å²) in [6.45, 7) is 5.87. The molecule has 158 valence electrons. The number of ether oxygens (including phenoxy) is 1. The van der Waals surface area contributed by atoms with Crippen molar-refractivity contribution in [3.05, 3.63) is 73.5 Å². The molecule has 0 fully saturated rings. The molecule has 0 aliphatic carbocycles. The van der Waals surface area contributed by atoms with Crippen molar-refractivity contribution in [3.63, 3.8) is 0 Å². The highest BCUT2D eigenvalue weighted by Crippen LogP contribution is 2.28. The topological polar surface area (TPSA) is 117 Å². The van der Waals surface area contributed by atoms with Gasteiger partial charge in [-0.15, -0.1) is 0 Å². The first-order chi connectivity index (χ1) is 14.0. The average Bonchev–Trinajstić information content (AvgIpc) is 2.64. The second kappa shape index (κ2) is 8.33. The van der Waals surface area contributed by atoms with Crippen molar-refractivity contribution in [2.24, 2.45) is 5.14 Å². The van der Waals surface area contributed by atoms with Crippen molar-refractivity contribution in [3.8, 4) is 0 Å². The van der Waals surface area contributed by atoms with E-state index in [-0.39, 0.29) is 23.0 Å². The Kier molecular flexibility index (Phi) is 6.16. The molecule has 30 heavy (non-hydrogen) atoms. The Morgan fingerprint density at radius 1 is 1.20 bits per heavy atom. The van der Waals surface area contributed by atoms with Crippen molar-refractivity contribution in [1.29, 1.82) is 0 Å². The number of primary sulfonamides is 1. The van der Waals surface area contributed by atoms with Gasteiger partial charge in [-0.2, -0.15) is 0 Å². The van der Waals surface area contributed by atoms with Crippen LogP contribution in [0.1, 0.15) is 46.8 Å². The fraction of sp³-hybridized carbons (Fsp3) is 0.238. The molecule has 0 bridgehead atoms. The molecule has 2 N–H and O–H groups in total. The number of esters is 1. The van der Waals surface area contributed by atoms with Gasteiger partial charge in [-0.25, -0.2) is 23.1 Å². The van der Waals surface area contributed by atoms with Gasteiger partial charge in [0.05, 0.1) is 10.5 Å². The molecule has 0 saturated carbocycles. The van der Waals surface area contributed by atoms with Crippen molar-refractivity contribution >= 4 is 42.9 Å². The van der Waals surface area contributed by atoms with E-state index >= 15 is 0 Å². The fourth-order valence-corrected chi connectivity index (χ4v) is 4.14. The van der Waals surface area contributed by atoms with Crippen molar-refractivity contribution < 1.29 is 22.4 Å². The Morgan fingerprint density at radius 3 is 2.53 bits per heavy atom. The summed E-state index contributed by atoms with van der Waals surface area (Å²) in [6, 6.07) is 8.83. The minimum Gasteiger partial charge on any atom is -0.457 e. The van der Waals surface area contributed by atoms with Gasteiger partial charge in [-0.3, -0.25) is 0 Å². The Bertz CT molecular complexity index is 1310. The van der Waals surface area contributed by atoms with E-state index in [0.717, 1.165) is 17.2 Å². The van der Waals surface area contributed by atoms with E-state index in [2.05, 4.69) is 29.8 Å². The van der Waals surface area contributed by atoms with E-state index in [9.17, 15) is 18.0 Å². The predicted octanol–water partition coefficient (Wildman–Crippen LogP) is 3.99. The molecular weight excluding hydrogens is 474 g/mol. The third-order valence-electron chi connectivity index (χ3n) is 4.68. The summed E-state index contributed by atoms with van der Waals surface area (Å²) >= 11 is 3.21. The summed E-state index contributed by atoms with van der Waals surface area (Å²) in [6.07, 6.45) is 0. The summed E-state index contributed by atoms with van der Waals surface area (Å²) in [5.74, 6) is -0.501. The van der Waals surface area contributed by atoms with Crippen LogP contribution in [0.3, 0.4) is 0 Å². The van der Waals surface area contributed by atoms with E-state index in [1.54, 1.807) is 6.07 Å². The van der Waals surface area contributed by atoms with Gasteiger partial charge < -0.3 is 9.15 Å². The maximum absolute atomic E-state index is 12.6. The first-order valence-electron chi connectivity index (χ1n) is 9.04. The quantitative estimate of drug-likeness (QED) is 0.424. The number of fused-ring (bicyclic) bond motifs is 1. The summed E-state index contributed by atoms with van der Waals surface area (Å²) < 4.78 is 34.1. The molecule has 2 aromatic carbocycles. The molecule has 0 radical (unpaired) electrons. The number of hydrogen-bond donors (Lipinski definition) is 1. The van der Waals surface area contributed by atoms with Crippen LogP contribution in [0.5, 0.6) is 0 Å². The summed E-state index contributed by atoms with van der Waals surface area (Å²) in [4.78, 5) is 24.3. The van der Waals surface area contributed by atoms with E-state index in [4.69, 9.17) is 14.3 Å². The van der Waals surface area contributed by atoms with Crippen molar-refractivity contribution in [2.75, 3.05) is 0 Å². The largest absolute Gasteiger partial charge is 0.457 e. The van der Waals surface area contributed by atoms with E-state index in [1.807, 2.05) is 13.0 Å². The number of carbonyl (C=O) groups is 1. The minimum atomic E-state index is -3.98. The lowest BCUT2D eigenvalue weighted by atomic mass is 9.95. The van der Waals surface area contributed by atoms with Gasteiger partial charge in [0.15, 0.2) is 0 Å². The van der Waals surface area contributed by atoms with Crippen LogP contribution in [-0.2, 0) is 21.4 Å². The number of hydrogen-bond acceptors (Lipinski definition) is 6. The second-order valence-electron chi connectivity index (χ2n) is 7.21. The zero-order valence-corrected chi connectivity index (χ0v) is 19.0. The van der Waals surface area contributed by atoms with Gasteiger partial charge >= 0.3 is 11.6 Å². The van der Waals surface area contributed by atoms with Crippen molar-refractivity contribution in [2.45, 2.75) is 38.2 Å². The Balaban J connectivity index is 1.97. The van der Waals surface area contributed by atoms with Gasteiger partial charge in [0.25, 0.3) is 0 Å². The van der Waals surface area contributed by atoms with Gasteiger partial charge in [0.2, 0.25) is 10.0 Å². The zero-order chi connectivity index (χ0) is 22.2. The highest BCUT2D eigenvalue weighted by atomic mass is 79.9. The molecule has 0 amide bonds. The van der Waals surface area contributed by atoms with Crippen LogP contribution in [-0.4, -0.2) is 14.4 Å². The maximum Gasteiger partial charge on any atom is 0.339 e. The average molecular weight is 494 g/mol. The number of carbonyl (C=O) groups excluding carboxylic acids is 1. The lowest BCUT2D eigenvalue weighted by Gasteiger charge is -2.13. The molecule has 0 atom stereocenters. The van der Waals surface area contributed by atoms with Crippen LogP contribution in [0.15, 0.2) is 55.0 Å². The third kappa shape index (κ3) is 4.63. The van der Waals surface area contributed by atoms with Crippen LogP contribution < -0.4 is 10.8 Å². The minimum absolute atomic E-state index is 0.00695. The molecule has 0 spiro atoms. The van der Waals surface area contributed by atoms with Crippen LogP contribution >= 0.6 is 15.9 Å². The predicted molar refractivity (Wildman–Crippen MR) is 116 cm³/mol. The van der Waals surface area contributed by atoms with Gasteiger partial charge in [0, 0.05) is 21.5 Å². The molecule has 0 saturated heterocycles. The Morgan fingerprint density at radius 2 is 1.90 bits per heavy atom. The molecule has 0 aliphatic rings. The first-order valence-corrected chi connectivity index (χ1v) is 11.4. The monoisotopic (exact) mass is 493 g/mol. The Labute approximate surface area is 182 Å². The molecule has 1 heterocycles. The van der Waals surface area contributed by atoms with E-state index in [1.165, 1.54) is 18.2 Å². The smallest absolute Gasteiger partial charge is 0.339 e. The standard InChI is InChI=1S/C21H20BrNO6S/c1-11(2)15-9-16-13(7-20(24)29-19(16)6-12(15)3)10-28-21(25)17-8-14(30(23,26)27)4-5-18(17)22/h4-9,11H,10H2,1-3H3,(H2,23,26,27). The lowest BCUT2D eigenvalue weighted by molar-refractivity contribution is 0.0472. The fourth-order valence-electron chi connectivity index (χ4n) is 3.19. The molecule has 7 nitrogen and oxygen atoms in total. The molecule has 9 heteroatoms. The third-order valence-corrected chi connectivity index (χ3v) is 6.29. The Hall–Kier alpha value is -2.49. The normalized spacial score (nSPS) is 11.8. The number of rotatable bonds is 5. The summed E-state index contributed by atoms with van der Waals surface area (Å²) in [5.41, 5.74) is 2.45. The number of sulfonamides is 1. The summed E-state index contributed by atoms with van der Waals surface area (Å²) in [7, 11) is -3.98. The van der Waals surface area contributed by atoms with Crippen LogP contribution in [0.25, 0.3) is 11.0 Å². The molecule has 3 aromatic rings. The number of benzene rings is 2. The van der Waals surface area contributed by atoms with Gasteiger partial charge in [-0.05, 0) is 70.2 Å². The number of aryl methyl sites for hydroxylation is 1. The number of halogens is 1. The number of nitrogens with two attached hydrogens (primary N) is 1. The SMILES string of the molecule is Cc1cc2oc(=O)cc(COC(=O)c3cc(S(N)(=O)=O)ccc3Br)c2cc1C(C)C. The van der Waals surface area contributed by atoms with Crippen LogP contribution in [0.2, 0.25) is 0 Å². The maximum atomic E-state index is 12.6. The van der Waals surface area contributed by atoms with E-state index in [0.29, 0.717) is 21.0 Å². The highest BCUT2D eigenvalue weighted by Gasteiger charge is 2.18. The second-order valence-corrected chi connectivity index (χ2v) is 9.63. The van der Waals surface area contributed by atoms with E-state index < -0.39 is 21.6 Å². The van der Waals surface area contributed by atoms with Crippen molar-refractivity contribution in [1.82, 2.24) is 0 Å². The van der Waals surface area contributed by atoms with Crippen LogP contribution in [0, 0.1) is 6.92 Å². The lowest BCUT2D eigenvalue weighted by Crippen LogP contribution is -2.14. The first kappa shape index (κ1) is 22.2. The molecule has 3 rings (SSSR count). The zero-order valence-electron chi connectivity index (χ0n) is 16.6. The highest BCUT2D eigenvalue weighted by molar-refractivity contribution is 9.10. The van der Waals surface area contributed by atoms with Gasteiger partial charge in [-0.1, -0.05) is 13.8 Å².